The Hall–Kier alpha value is -2.20. The van der Waals surface area contributed by atoms with E-state index in [1.165, 1.54) is 41.4 Å². The summed E-state index contributed by atoms with van der Waals surface area (Å²) in [6.45, 7) is 5.40. The van der Waals surface area contributed by atoms with Crippen molar-refractivity contribution >= 4 is 73.0 Å². The van der Waals surface area contributed by atoms with Crippen LogP contribution in [0.5, 0.6) is 0 Å². The van der Waals surface area contributed by atoms with Crippen molar-refractivity contribution in [2.45, 2.75) is 31.7 Å². The number of nitrogens with zero attached hydrogens (tertiary/aromatic N) is 4. The van der Waals surface area contributed by atoms with E-state index < -0.39 is 0 Å². The third kappa shape index (κ3) is 4.27. The van der Waals surface area contributed by atoms with Crippen molar-refractivity contribution in [1.82, 2.24) is 14.5 Å². The maximum absolute atomic E-state index is 12.5. The number of benzene rings is 1. The highest BCUT2D eigenvalue weighted by Gasteiger charge is 2.23. The van der Waals surface area contributed by atoms with Crippen molar-refractivity contribution < 1.29 is 4.79 Å². The van der Waals surface area contributed by atoms with Crippen LogP contribution in [0.4, 0.5) is 10.8 Å². The van der Waals surface area contributed by atoms with E-state index in [9.17, 15) is 9.59 Å². The van der Waals surface area contributed by atoms with E-state index in [1.54, 1.807) is 16.5 Å². The molecule has 4 aromatic rings. The van der Waals surface area contributed by atoms with Crippen LogP contribution >= 0.6 is 46.0 Å². The van der Waals surface area contributed by atoms with Crippen molar-refractivity contribution in [3.63, 3.8) is 0 Å². The van der Waals surface area contributed by atoms with Gasteiger partial charge >= 0.3 is 0 Å². The molecule has 0 aliphatic carbocycles. The predicted octanol–water partition coefficient (Wildman–Crippen LogP) is 5.70. The fourth-order valence-corrected chi connectivity index (χ4v) is 6.33. The summed E-state index contributed by atoms with van der Waals surface area (Å²) in [7, 11) is 1.73. The Labute approximate surface area is 196 Å². The number of thiazole rings is 1. The van der Waals surface area contributed by atoms with E-state index >= 15 is 0 Å². The molecule has 0 aliphatic rings. The highest BCUT2D eigenvalue weighted by molar-refractivity contribution is 7.98. The summed E-state index contributed by atoms with van der Waals surface area (Å²) in [5.74, 6) is 0.369. The van der Waals surface area contributed by atoms with Gasteiger partial charge in [0.05, 0.1) is 21.9 Å². The number of fused-ring (bicyclic) bond motifs is 1. The van der Waals surface area contributed by atoms with Crippen molar-refractivity contribution in [1.29, 1.82) is 0 Å². The van der Waals surface area contributed by atoms with Crippen molar-refractivity contribution in [3.05, 3.63) is 61.2 Å². The molecule has 3 aromatic heterocycles. The van der Waals surface area contributed by atoms with Gasteiger partial charge in [0.1, 0.15) is 4.70 Å². The summed E-state index contributed by atoms with van der Waals surface area (Å²) in [5.41, 5.74) is 4.06. The molecule has 0 N–H and O–H groups in total. The lowest BCUT2D eigenvalue weighted by Gasteiger charge is -2.22. The van der Waals surface area contributed by atoms with Gasteiger partial charge in [0, 0.05) is 25.1 Å². The largest absolute Gasteiger partial charge is 0.290 e. The second kappa shape index (κ2) is 8.74. The smallest absolute Gasteiger partial charge is 0.271 e. The highest BCUT2D eigenvalue weighted by atomic mass is 35.5. The standard InChI is InChI=1S/C21H19ClN4O2S3/c1-11-7-12(2)17(15(22)8-11)26(13(3)27)21-23-14(10-31-21)9-30-20-24-16-5-6-29-18(16)19(28)25(20)4/h5-8,10H,9H2,1-4H3. The lowest BCUT2D eigenvalue weighted by molar-refractivity contribution is -0.115. The molecule has 1 aromatic carbocycles. The molecule has 0 saturated carbocycles. The summed E-state index contributed by atoms with van der Waals surface area (Å²) in [5, 5.41) is 5.49. The molecule has 6 nitrogen and oxygen atoms in total. The number of halogens is 1. The summed E-state index contributed by atoms with van der Waals surface area (Å²) in [4.78, 5) is 35.8. The van der Waals surface area contributed by atoms with Crippen LogP contribution in [-0.2, 0) is 17.6 Å². The van der Waals surface area contributed by atoms with Gasteiger partial charge in [-0.1, -0.05) is 29.4 Å². The summed E-state index contributed by atoms with van der Waals surface area (Å²) in [6.07, 6.45) is 0. The van der Waals surface area contributed by atoms with E-state index in [-0.39, 0.29) is 11.5 Å². The van der Waals surface area contributed by atoms with Gasteiger partial charge in [-0.05, 0) is 42.5 Å². The number of carbonyl (C=O) groups is 1. The molecule has 160 valence electrons. The lowest BCUT2D eigenvalue weighted by Crippen LogP contribution is -2.24. The van der Waals surface area contributed by atoms with Gasteiger partial charge in [-0.15, -0.1) is 22.7 Å². The van der Waals surface area contributed by atoms with Crippen LogP contribution in [0.15, 0.2) is 38.9 Å². The third-order valence-electron chi connectivity index (χ3n) is 4.66. The molecule has 10 heteroatoms. The molecule has 0 spiro atoms. The van der Waals surface area contributed by atoms with Crippen molar-refractivity contribution in [2.24, 2.45) is 7.05 Å². The fraction of sp³-hybridized carbons (Fsp3) is 0.238. The van der Waals surface area contributed by atoms with Gasteiger partial charge in [-0.2, -0.15) is 0 Å². The molecule has 0 atom stereocenters. The molecule has 1 amide bonds. The maximum Gasteiger partial charge on any atom is 0.271 e. The average Bonchev–Trinajstić information content (AvgIpc) is 3.35. The Bertz CT molecular complexity index is 1340. The van der Waals surface area contributed by atoms with Crippen LogP contribution in [-0.4, -0.2) is 20.4 Å². The normalized spacial score (nSPS) is 11.3. The average molecular weight is 491 g/mol. The predicted molar refractivity (Wildman–Crippen MR) is 130 cm³/mol. The molecule has 4 rings (SSSR count). The Morgan fingerprint density at radius 1 is 1.26 bits per heavy atom. The molecule has 0 aliphatic heterocycles. The number of carbonyl (C=O) groups excluding carboxylic acids is 1. The second-order valence-electron chi connectivity index (χ2n) is 7.07. The Morgan fingerprint density at radius 2 is 2.03 bits per heavy atom. The summed E-state index contributed by atoms with van der Waals surface area (Å²) < 4.78 is 2.22. The molecular weight excluding hydrogens is 472 g/mol. The molecular formula is C21H19ClN4O2S3. The quantitative estimate of drug-likeness (QED) is 0.265. The van der Waals surface area contributed by atoms with Gasteiger partial charge in [0.15, 0.2) is 10.3 Å². The Kier molecular flexibility index (Phi) is 6.20. The van der Waals surface area contributed by atoms with E-state index in [4.69, 9.17) is 11.6 Å². The SMILES string of the molecule is CC(=O)N(c1nc(CSc2nc3ccsc3c(=O)n2C)cs1)c1c(C)cc(C)cc1Cl. The number of aromatic nitrogens is 3. The first kappa shape index (κ1) is 22.0. The summed E-state index contributed by atoms with van der Waals surface area (Å²) >= 11 is 10.7. The van der Waals surface area contributed by atoms with Gasteiger partial charge in [0.25, 0.3) is 5.56 Å². The minimum atomic E-state index is -0.158. The lowest BCUT2D eigenvalue weighted by atomic mass is 10.1. The first-order chi connectivity index (χ1) is 14.8. The van der Waals surface area contributed by atoms with Gasteiger partial charge in [-0.25, -0.2) is 9.97 Å². The van der Waals surface area contributed by atoms with Gasteiger partial charge < -0.3 is 0 Å². The molecule has 3 heterocycles. The number of thiophene rings is 1. The van der Waals surface area contributed by atoms with Crippen LogP contribution < -0.4 is 10.5 Å². The number of hydrogen-bond acceptors (Lipinski definition) is 7. The molecule has 0 bridgehead atoms. The number of thioether (sulfide) groups is 1. The van der Waals surface area contributed by atoms with Crippen molar-refractivity contribution in [2.75, 3.05) is 4.90 Å². The number of anilines is 2. The molecule has 0 fully saturated rings. The maximum atomic E-state index is 12.5. The fourth-order valence-electron chi connectivity index (χ4n) is 3.28. The summed E-state index contributed by atoms with van der Waals surface area (Å²) in [6, 6.07) is 5.69. The molecule has 0 unspecified atom stereocenters. The van der Waals surface area contributed by atoms with Crippen molar-refractivity contribution in [3.8, 4) is 0 Å². The van der Waals surface area contributed by atoms with E-state index in [1.807, 2.05) is 42.8 Å². The zero-order valence-corrected chi connectivity index (χ0v) is 20.5. The van der Waals surface area contributed by atoms with Crippen LogP contribution in [0.3, 0.4) is 0 Å². The number of aryl methyl sites for hydroxylation is 2. The van der Waals surface area contributed by atoms with Gasteiger partial charge in [-0.3, -0.25) is 19.1 Å². The number of amides is 1. The highest BCUT2D eigenvalue weighted by Crippen LogP contribution is 2.38. The monoisotopic (exact) mass is 490 g/mol. The first-order valence-corrected chi connectivity index (χ1v) is 12.5. The zero-order valence-electron chi connectivity index (χ0n) is 17.3. The Morgan fingerprint density at radius 3 is 2.74 bits per heavy atom. The first-order valence-electron chi connectivity index (χ1n) is 9.35. The van der Waals surface area contributed by atoms with E-state index in [0.29, 0.717) is 37.0 Å². The minimum Gasteiger partial charge on any atom is -0.290 e. The van der Waals surface area contributed by atoms with Gasteiger partial charge in [0.2, 0.25) is 5.91 Å². The van der Waals surface area contributed by atoms with Crippen LogP contribution in [0.25, 0.3) is 10.2 Å². The van der Waals surface area contributed by atoms with Crippen LogP contribution in [0.1, 0.15) is 23.7 Å². The second-order valence-corrected chi connectivity index (χ2v) is 10.2. The van der Waals surface area contributed by atoms with E-state index in [0.717, 1.165) is 16.8 Å². The topological polar surface area (TPSA) is 68.1 Å². The van der Waals surface area contributed by atoms with E-state index in [2.05, 4.69) is 9.97 Å². The number of rotatable bonds is 5. The Balaban J connectivity index is 1.61. The number of hydrogen-bond donors (Lipinski definition) is 0. The van der Waals surface area contributed by atoms with Crippen LogP contribution in [0.2, 0.25) is 5.02 Å². The minimum absolute atomic E-state index is 0.0475. The molecule has 31 heavy (non-hydrogen) atoms. The molecule has 0 radical (unpaired) electrons. The molecule has 0 saturated heterocycles. The van der Waals surface area contributed by atoms with Crippen LogP contribution in [0, 0.1) is 13.8 Å². The zero-order chi connectivity index (χ0) is 22.3. The third-order valence-corrected chi connectivity index (χ3v) is 7.78.